The Bertz CT molecular complexity index is 1060. The first-order valence-electron chi connectivity index (χ1n) is 11.1. The third-order valence-electron chi connectivity index (χ3n) is 6.65. The van der Waals surface area contributed by atoms with Gasteiger partial charge in [-0.05, 0) is 48.1 Å². The number of H-pyrrole nitrogens is 1. The van der Waals surface area contributed by atoms with Crippen LogP contribution in [0.4, 0.5) is 10.5 Å². The van der Waals surface area contributed by atoms with Gasteiger partial charge in [0.2, 0.25) is 0 Å². The number of urea groups is 1. The number of aromatic nitrogens is 1. The third-order valence-corrected chi connectivity index (χ3v) is 6.65. The maximum Gasteiger partial charge on any atom is 0.322 e. The van der Waals surface area contributed by atoms with Crippen molar-refractivity contribution in [1.82, 2.24) is 14.8 Å². The van der Waals surface area contributed by atoms with Crippen molar-refractivity contribution >= 4 is 22.6 Å². The molecule has 5 rings (SSSR count). The minimum atomic E-state index is 0.0467. The minimum Gasteiger partial charge on any atom is -0.358 e. The number of hydrogen-bond acceptors (Lipinski definition) is 2. The molecular weight excluding hydrogens is 372 g/mol. The summed E-state index contributed by atoms with van der Waals surface area (Å²) >= 11 is 0. The zero-order chi connectivity index (χ0) is 20.7. The fourth-order valence-corrected chi connectivity index (χ4v) is 4.84. The smallest absolute Gasteiger partial charge is 0.322 e. The molecule has 2 aliphatic heterocycles. The largest absolute Gasteiger partial charge is 0.358 e. The van der Waals surface area contributed by atoms with Gasteiger partial charge >= 0.3 is 6.03 Å². The molecule has 3 heterocycles. The van der Waals surface area contributed by atoms with Crippen LogP contribution >= 0.6 is 0 Å². The van der Waals surface area contributed by atoms with Crippen LogP contribution in [0.5, 0.6) is 0 Å². The lowest BCUT2D eigenvalue weighted by atomic mass is 10.00. The molecule has 2 aromatic carbocycles. The summed E-state index contributed by atoms with van der Waals surface area (Å²) in [7, 11) is 0. The number of carbonyl (C=O) groups excluding carboxylic acids is 1. The highest BCUT2D eigenvalue weighted by Gasteiger charge is 2.31. The molecule has 0 bridgehead atoms. The number of nitrogens with zero attached hydrogens (tertiary/aromatic N) is 2. The first-order chi connectivity index (χ1) is 14.6. The van der Waals surface area contributed by atoms with Gasteiger partial charge in [0.05, 0.1) is 0 Å². The number of amides is 2. The summed E-state index contributed by atoms with van der Waals surface area (Å²) in [6.07, 6.45) is 2.05. The molecule has 3 aromatic rings. The molecule has 1 saturated heterocycles. The molecule has 5 heteroatoms. The molecule has 0 spiro atoms. The molecule has 0 atom stereocenters. The zero-order valence-electron chi connectivity index (χ0n) is 17.8. The van der Waals surface area contributed by atoms with Crippen LogP contribution in [0.25, 0.3) is 10.9 Å². The Morgan fingerprint density at radius 3 is 2.67 bits per heavy atom. The van der Waals surface area contributed by atoms with E-state index in [0.29, 0.717) is 18.5 Å². The summed E-state index contributed by atoms with van der Waals surface area (Å²) < 4.78 is 0. The number of hydrogen-bond donors (Lipinski definition) is 2. The Labute approximate surface area is 178 Å². The molecule has 1 fully saturated rings. The van der Waals surface area contributed by atoms with E-state index in [1.54, 1.807) is 0 Å². The van der Waals surface area contributed by atoms with Gasteiger partial charge in [-0.3, -0.25) is 4.90 Å². The Balaban J connectivity index is 1.25. The number of piperidine rings is 1. The summed E-state index contributed by atoms with van der Waals surface area (Å²) in [5.74, 6) is 0.502. The van der Waals surface area contributed by atoms with Crippen molar-refractivity contribution in [1.29, 1.82) is 0 Å². The lowest BCUT2D eigenvalue weighted by Gasteiger charge is -2.40. The topological polar surface area (TPSA) is 51.4 Å². The maximum atomic E-state index is 12.6. The van der Waals surface area contributed by atoms with Gasteiger partial charge in [-0.1, -0.05) is 44.2 Å². The van der Waals surface area contributed by atoms with Gasteiger partial charge in [0, 0.05) is 54.5 Å². The molecule has 5 nitrogen and oxygen atoms in total. The van der Waals surface area contributed by atoms with E-state index < -0.39 is 0 Å². The van der Waals surface area contributed by atoms with Gasteiger partial charge in [0.15, 0.2) is 0 Å². The van der Waals surface area contributed by atoms with Gasteiger partial charge in [-0.15, -0.1) is 0 Å². The van der Waals surface area contributed by atoms with Crippen molar-refractivity contribution in [3.63, 3.8) is 0 Å². The first kappa shape index (κ1) is 19.2. The van der Waals surface area contributed by atoms with Crippen LogP contribution in [-0.2, 0) is 13.1 Å². The highest BCUT2D eigenvalue weighted by molar-refractivity contribution is 5.92. The second kappa shape index (κ2) is 7.80. The van der Waals surface area contributed by atoms with Crippen LogP contribution in [0, 0.1) is 0 Å². The number of benzene rings is 2. The van der Waals surface area contributed by atoms with Gasteiger partial charge < -0.3 is 15.2 Å². The van der Waals surface area contributed by atoms with Crippen LogP contribution in [0.3, 0.4) is 0 Å². The Morgan fingerprint density at radius 2 is 1.87 bits per heavy atom. The SMILES string of the molecule is CC(C)c1cc2c(CN3CCC(N4Cc5ccccc5NC4=O)CC3)cccc2[nH]1. The summed E-state index contributed by atoms with van der Waals surface area (Å²) in [6, 6.07) is 17.4. The number of fused-ring (bicyclic) bond motifs is 2. The minimum absolute atomic E-state index is 0.0467. The molecule has 156 valence electrons. The van der Waals surface area contributed by atoms with Crippen molar-refractivity contribution in [3.05, 3.63) is 65.4 Å². The number of likely N-dealkylation sites (tertiary alicyclic amines) is 1. The number of carbonyl (C=O) groups is 1. The average Bonchev–Trinajstić information content (AvgIpc) is 3.20. The normalized spacial score (nSPS) is 18.1. The molecule has 1 aromatic heterocycles. The molecule has 0 radical (unpaired) electrons. The fourth-order valence-electron chi connectivity index (χ4n) is 4.84. The number of para-hydroxylation sites is 1. The monoisotopic (exact) mass is 402 g/mol. The summed E-state index contributed by atoms with van der Waals surface area (Å²) in [5.41, 5.74) is 6.08. The van der Waals surface area contributed by atoms with Gasteiger partial charge in [-0.25, -0.2) is 4.79 Å². The van der Waals surface area contributed by atoms with E-state index in [4.69, 9.17) is 0 Å². The molecule has 2 aliphatic rings. The lowest BCUT2D eigenvalue weighted by Crippen LogP contribution is -2.50. The Morgan fingerprint density at radius 1 is 1.07 bits per heavy atom. The second-order valence-electron chi connectivity index (χ2n) is 8.98. The van der Waals surface area contributed by atoms with Crippen LogP contribution < -0.4 is 5.32 Å². The van der Waals surface area contributed by atoms with E-state index in [-0.39, 0.29) is 6.03 Å². The predicted molar refractivity (Wildman–Crippen MR) is 122 cm³/mol. The van der Waals surface area contributed by atoms with Crippen LogP contribution in [0.1, 0.15) is 49.4 Å². The molecule has 2 amide bonds. The molecule has 30 heavy (non-hydrogen) atoms. The van der Waals surface area contributed by atoms with Crippen molar-refractivity contribution in [2.24, 2.45) is 0 Å². The quantitative estimate of drug-likeness (QED) is 0.622. The Hall–Kier alpha value is -2.79. The standard InChI is InChI=1S/C25H30N4O/c1-17(2)24-14-21-18(7-5-9-23(21)26-24)15-28-12-10-20(11-13-28)29-16-19-6-3-4-8-22(19)27-25(29)30/h3-9,14,17,20,26H,10-13,15-16H2,1-2H3,(H,27,30). The highest BCUT2D eigenvalue weighted by atomic mass is 16.2. The number of rotatable bonds is 4. The van der Waals surface area contributed by atoms with Crippen LogP contribution in [0.15, 0.2) is 48.5 Å². The van der Waals surface area contributed by atoms with E-state index in [1.807, 2.05) is 23.1 Å². The second-order valence-corrected chi connectivity index (χ2v) is 8.98. The number of nitrogens with one attached hydrogen (secondary N) is 2. The summed E-state index contributed by atoms with van der Waals surface area (Å²) in [6.45, 7) is 8.18. The lowest BCUT2D eigenvalue weighted by molar-refractivity contribution is 0.118. The molecular formula is C25H30N4O. The first-order valence-corrected chi connectivity index (χ1v) is 11.1. The fraction of sp³-hybridized carbons (Fsp3) is 0.400. The Kier molecular flexibility index (Phi) is 4.99. The van der Waals surface area contributed by atoms with Crippen LogP contribution in [-0.4, -0.2) is 39.9 Å². The van der Waals surface area contributed by atoms with Crippen molar-refractivity contribution in [2.45, 2.75) is 51.7 Å². The molecule has 0 aliphatic carbocycles. The van der Waals surface area contributed by atoms with Gasteiger partial charge in [-0.2, -0.15) is 0 Å². The third kappa shape index (κ3) is 3.58. The van der Waals surface area contributed by atoms with Crippen LogP contribution in [0.2, 0.25) is 0 Å². The van der Waals surface area contributed by atoms with E-state index in [0.717, 1.165) is 38.2 Å². The van der Waals surface area contributed by atoms with Crippen molar-refractivity contribution < 1.29 is 4.79 Å². The average molecular weight is 403 g/mol. The van der Waals surface area contributed by atoms with E-state index in [1.165, 1.54) is 27.7 Å². The summed E-state index contributed by atoms with van der Waals surface area (Å²) in [5, 5.41) is 4.40. The zero-order valence-corrected chi connectivity index (χ0v) is 17.8. The van der Waals surface area contributed by atoms with E-state index in [9.17, 15) is 4.79 Å². The predicted octanol–water partition coefficient (Wildman–Crippen LogP) is 5.30. The maximum absolute atomic E-state index is 12.6. The molecule has 0 unspecified atom stereocenters. The van der Waals surface area contributed by atoms with E-state index >= 15 is 0 Å². The molecule has 0 saturated carbocycles. The van der Waals surface area contributed by atoms with E-state index in [2.05, 4.69) is 59.4 Å². The van der Waals surface area contributed by atoms with Gasteiger partial charge in [0.25, 0.3) is 0 Å². The summed E-state index contributed by atoms with van der Waals surface area (Å²) in [4.78, 5) is 20.8. The number of anilines is 1. The molecule has 2 N–H and O–H groups in total. The number of aromatic amines is 1. The van der Waals surface area contributed by atoms with Gasteiger partial charge in [0.1, 0.15) is 0 Å². The van der Waals surface area contributed by atoms with Crippen molar-refractivity contribution in [2.75, 3.05) is 18.4 Å². The van der Waals surface area contributed by atoms with Crippen molar-refractivity contribution in [3.8, 4) is 0 Å². The highest BCUT2D eigenvalue weighted by Crippen LogP contribution is 2.29.